The molecule has 1 atom stereocenters. The van der Waals surface area contributed by atoms with Crippen LogP contribution in [0.5, 0.6) is 0 Å². The number of halogens is 2. The van der Waals surface area contributed by atoms with Crippen molar-refractivity contribution in [1.82, 2.24) is 5.32 Å². The van der Waals surface area contributed by atoms with Crippen molar-refractivity contribution >= 4 is 0 Å². The molecule has 0 aliphatic carbocycles. The van der Waals surface area contributed by atoms with E-state index in [4.69, 9.17) is 5.11 Å². The standard InChI is InChI=1S/C16H17F2NO/c1-11(14-6-15(17)8-16(18)7-14)19-9-12-3-2-4-13(5-12)10-20/h2-8,11,19-20H,9-10H2,1H3. The highest BCUT2D eigenvalue weighted by Crippen LogP contribution is 2.16. The molecular weight excluding hydrogens is 260 g/mol. The summed E-state index contributed by atoms with van der Waals surface area (Å²) in [5.74, 6) is -1.15. The maximum atomic E-state index is 13.2. The van der Waals surface area contributed by atoms with Crippen LogP contribution in [0.3, 0.4) is 0 Å². The summed E-state index contributed by atoms with van der Waals surface area (Å²) in [7, 11) is 0. The molecule has 2 aromatic carbocycles. The van der Waals surface area contributed by atoms with Crippen LogP contribution in [-0.2, 0) is 13.2 Å². The molecule has 0 aliphatic heterocycles. The molecule has 0 fully saturated rings. The van der Waals surface area contributed by atoms with E-state index in [9.17, 15) is 8.78 Å². The fraction of sp³-hybridized carbons (Fsp3) is 0.250. The highest BCUT2D eigenvalue weighted by Gasteiger charge is 2.08. The average molecular weight is 277 g/mol. The Kier molecular flexibility index (Phi) is 4.82. The lowest BCUT2D eigenvalue weighted by Crippen LogP contribution is -2.18. The summed E-state index contributed by atoms with van der Waals surface area (Å²) < 4.78 is 26.3. The molecular formula is C16H17F2NO. The molecule has 0 spiro atoms. The average Bonchev–Trinajstić information content (AvgIpc) is 2.44. The van der Waals surface area contributed by atoms with Crippen LogP contribution in [0.1, 0.15) is 29.7 Å². The van der Waals surface area contributed by atoms with Crippen LogP contribution in [0.4, 0.5) is 8.78 Å². The summed E-state index contributed by atoms with van der Waals surface area (Å²) in [6.07, 6.45) is 0. The molecule has 4 heteroatoms. The van der Waals surface area contributed by atoms with Gasteiger partial charge in [-0.3, -0.25) is 0 Å². The quantitative estimate of drug-likeness (QED) is 0.879. The third-order valence-corrected chi connectivity index (χ3v) is 3.17. The van der Waals surface area contributed by atoms with Crippen LogP contribution in [0.25, 0.3) is 0 Å². The first kappa shape index (κ1) is 14.6. The second kappa shape index (κ2) is 6.59. The van der Waals surface area contributed by atoms with Crippen molar-refractivity contribution in [3.05, 3.63) is 70.8 Å². The second-order valence-electron chi connectivity index (χ2n) is 4.78. The SMILES string of the molecule is CC(NCc1cccc(CO)c1)c1cc(F)cc(F)c1. The lowest BCUT2D eigenvalue weighted by molar-refractivity contribution is 0.281. The predicted molar refractivity (Wildman–Crippen MR) is 74.0 cm³/mol. The van der Waals surface area contributed by atoms with Crippen molar-refractivity contribution in [2.45, 2.75) is 26.1 Å². The molecule has 0 amide bonds. The predicted octanol–water partition coefficient (Wildman–Crippen LogP) is 3.31. The minimum absolute atomic E-state index is 0.00149. The molecule has 2 nitrogen and oxygen atoms in total. The molecule has 0 bridgehead atoms. The van der Waals surface area contributed by atoms with E-state index in [0.717, 1.165) is 17.2 Å². The maximum absolute atomic E-state index is 13.2. The molecule has 0 saturated heterocycles. The van der Waals surface area contributed by atoms with E-state index < -0.39 is 11.6 Å². The van der Waals surface area contributed by atoms with Crippen LogP contribution < -0.4 is 5.32 Å². The minimum atomic E-state index is -0.573. The number of rotatable bonds is 5. The third kappa shape index (κ3) is 3.85. The van der Waals surface area contributed by atoms with Crippen LogP contribution in [0.15, 0.2) is 42.5 Å². The van der Waals surface area contributed by atoms with Crippen molar-refractivity contribution in [1.29, 1.82) is 0 Å². The van der Waals surface area contributed by atoms with E-state index in [1.165, 1.54) is 12.1 Å². The maximum Gasteiger partial charge on any atom is 0.126 e. The summed E-state index contributed by atoms with van der Waals surface area (Å²) in [6.45, 7) is 2.41. The fourth-order valence-electron chi connectivity index (χ4n) is 2.05. The normalized spacial score (nSPS) is 12.4. The number of nitrogens with one attached hydrogen (secondary N) is 1. The van der Waals surface area contributed by atoms with Gasteiger partial charge in [0.1, 0.15) is 11.6 Å². The van der Waals surface area contributed by atoms with Gasteiger partial charge in [-0.1, -0.05) is 24.3 Å². The number of benzene rings is 2. The molecule has 20 heavy (non-hydrogen) atoms. The highest BCUT2D eigenvalue weighted by molar-refractivity contribution is 5.24. The lowest BCUT2D eigenvalue weighted by atomic mass is 10.1. The van der Waals surface area contributed by atoms with E-state index in [2.05, 4.69) is 5.32 Å². The van der Waals surface area contributed by atoms with Gasteiger partial charge < -0.3 is 10.4 Å². The Balaban J connectivity index is 2.02. The molecule has 106 valence electrons. The first-order chi connectivity index (χ1) is 9.58. The molecule has 0 aliphatic rings. The first-order valence-corrected chi connectivity index (χ1v) is 6.46. The van der Waals surface area contributed by atoms with Gasteiger partial charge in [-0.25, -0.2) is 8.78 Å². The van der Waals surface area contributed by atoms with Gasteiger partial charge in [0.05, 0.1) is 6.61 Å². The van der Waals surface area contributed by atoms with Gasteiger partial charge in [0, 0.05) is 18.7 Å². The molecule has 0 radical (unpaired) electrons. The zero-order valence-electron chi connectivity index (χ0n) is 11.2. The van der Waals surface area contributed by atoms with Crippen LogP contribution in [-0.4, -0.2) is 5.11 Å². The van der Waals surface area contributed by atoms with Gasteiger partial charge >= 0.3 is 0 Å². The number of hydrogen-bond acceptors (Lipinski definition) is 2. The van der Waals surface area contributed by atoms with Gasteiger partial charge in [0.2, 0.25) is 0 Å². The van der Waals surface area contributed by atoms with Crippen LogP contribution in [0, 0.1) is 11.6 Å². The Morgan fingerprint density at radius 3 is 2.35 bits per heavy atom. The minimum Gasteiger partial charge on any atom is -0.392 e. The smallest absolute Gasteiger partial charge is 0.126 e. The molecule has 0 saturated carbocycles. The van der Waals surface area contributed by atoms with Gasteiger partial charge in [-0.2, -0.15) is 0 Å². The van der Waals surface area contributed by atoms with Crippen molar-refractivity contribution in [3.8, 4) is 0 Å². The van der Waals surface area contributed by atoms with E-state index in [1.807, 2.05) is 31.2 Å². The van der Waals surface area contributed by atoms with Crippen molar-refractivity contribution in [3.63, 3.8) is 0 Å². The molecule has 2 N–H and O–H groups in total. The Morgan fingerprint density at radius 2 is 1.70 bits per heavy atom. The Labute approximate surface area is 117 Å². The monoisotopic (exact) mass is 277 g/mol. The van der Waals surface area contributed by atoms with Gasteiger partial charge in [-0.15, -0.1) is 0 Å². The van der Waals surface area contributed by atoms with E-state index >= 15 is 0 Å². The second-order valence-corrected chi connectivity index (χ2v) is 4.78. The third-order valence-electron chi connectivity index (χ3n) is 3.17. The largest absolute Gasteiger partial charge is 0.392 e. The van der Waals surface area contributed by atoms with E-state index in [0.29, 0.717) is 12.1 Å². The van der Waals surface area contributed by atoms with E-state index in [-0.39, 0.29) is 12.6 Å². The summed E-state index contributed by atoms with van der Waals surface area (Å²) in [6, 6.07) is 10.9. The number of aliphatic hydroxyl groups is 1. The zero-order valence-corrected chi connectivity index (χ0v) is 11.2. The van der Waals surface area contributed by atoms with Crippen molar-refractivity contribution in [2.24, 2.45) is 0 Å². The van der Waals surface area contributed by atoms with Crippen LogP contribution in [0.2, 0.25) is 0 Å². The highest BCUT2D eigenvalue weighted by atomic mass is 19.1. The van der Waals surface area contributed by atoms with Crippen LogP contribution >= 0.6 is 0 Å². The number of aliphatic hydroxyl groups excluding tert-OH is 1. The Hall–Kier alpha value is -1.78. The van der Waals surface area contributed by atoms with Gasteiger partial charge in [-0.05, 0) is 35.7 Å². The Morgan fingerprint density at radius 1 is 1.05 bits per heavy atom. The molecule has 0 heterocycles. The van der Waals surface area contributed by atoms with Gasteiger partial charge in [0.25, 0.3) is 0 Å². The summed E-state index contributed by atoms with van der Waals surface area (Å²) in [5, 5.41) is 12.3. The lowest BCUT2D eigenvalue weighted by Gasteiger charge is -2.15. The molecule has 2 aromatic rings. The Bertz CT molecular complexity index is 566. The first-order valence-electron chi connectivity index (χ1n) is 6.46. The molecule has 1 unspecified atom stereocenters. The van der Waals surface area contributed by atoms with E-state index in [1.54, 1.807) is 0 Å². The van der Waals surface area contributed by atoms with Crippen molar-refractivity contribution < 1.29 is 13.9 Å². The topological polar surface area (TPSA) is 32.3 Å². The molecule has 2 rings (SSSR count). The van der Waals surface area contributed by atoms with Crippen molar-refractivity contribution in [2.75, 3.05) is 0 Å². The number of hydrogen-bond donors (Lipinski definition) is 2. The summed E-state index contributed by atoms with van der Waals surface area (Å²) in [4.78, 5) is 0. The summed E-state index contributed by atoms with van der Waals surface area (Å²) >= 11 is 0. The summed E-state index contributed by atoms with van der Waals surface area (Å²) in [5.41, 5.74) is 2.43. The van der Waals surface area contributed by atoms with Gasteiger partial charge in [0.15, 0.2) is 0 Å². The molecule has 0 aromatic heterocycles. The fourth-order valence-corrected chi connectivity index (χ4v) is 2.05. The zero-order chi connectivity index (χ0) is 14.5.